The van der Waals surface area contributed by atoms with Crippen LogP contribution in [0, 0.1) is 0 Å². The fraction of sp³-hybridized carbons (Fsp3) is 0. The standard InChI is InChI=1S/CH2O3.2Bi.2H2O/c2-1(3)4;;;;/h(H2,2,3,4);;;2*1H2/q;2*+3;;/p-2. The van der Waals surface area contributed by atoms with E-state index in [1.807, 2.05) is 0 Å². The third-order valence-electron chi connectivity index (χ3n) is 0. The molecule has 0 aliphatic heterocycles. The minimum Gasteiger partial charge on any atom is -0.652 e. The van der Waals surface area contributed by atoms with E-state index in [9.17, 15) is 0 Å². The predicted molar refractivity (Wildman–Crippen MR) is 24.1 cm³/mol. The molecule has 0 fully saturated rings. The molecule has 7 heteroatoms. The molecule has 0 atom stereocenters. The first-order valence-electron chi connectivity index (χ1n) is 0.612. The molecule has 0 spiro atoms. The summed E-state index contributed by atoms with van der Waals surface area (Å²) in [4.78, 5) is 8.33. The molecule has 0 aliphatic carbocycles. The van der Waals surface area contributed by atoms with Gasteiger partial charge >= 0.3 is 52.4 Å². The average Bonchev–Trinajstić information content (AvgIpc) is 0.811. The summed E-state index contributed by atoms with van der Waals surface area (Å²) in [5.41, 5.74) is 0. The van der Waals surface area contributed by atoms with Gasteiger partial charge in [0.1, 0.15) is 0 Å². The zero-order valence-corrected chi connectivity index (χ0v) is 10.6. The average molecular weight is 514 g/mol. The second kappa shape index (κ2) is 24.6. The predicted octanol–water partition coefficient (Wildman–Crippen LogP) is -4.86. The topological polar surface area (TPSA) is 126 Å². The molecule has 4 N–H and O–H groups in total. The number of carbonyl (C=O) groups excluding carboxylic acids is 1. The molecule has 0 rings (SSSR count). The Morgan fingerprint density at radius 3 is 1.00 bits per heavy atom. The number of hydrogen-bond acceptors (Lipinski definition) is 3. The van der Waals surface area contributed by atoms with Gasteiger partial charge in [-0.2, -0.15) is 0 Å². The van der Waals surface area contributed by atoms with Gasteiger partial charge in [0.2, 0.25) is 0 Å². The second-order valence-corrected chi connectivity index (χ2v) is 0.250. The van der Waals surface area contributed by atoms with E-state index in [1.54, 1.807) is 0 Å². The summed E-state index contributed by atoms with van der Waals surface area (Å²) in [6.45, 7) is 0. The van der Waals surface area contributed by atoms with Crippen LogP contribution in [0.25, 0.3) is 0 Å². The van der Waals surface area contributed by atoms with Crippen molar-refractivity contribution in [1.82, 2.24) is 0 Å². The van der Waals surface area contributed by atoms with Crippen LogP contribution in [0.1, 0.15) is 0 Å². The van der Waals surface area contributed by atoms with E-state index < -0.39 is 6.16 Å². The zero-order chi connectivity index (χ0) is 3.58. The Hall–Kier alpha value is 0.956. The van der Waals surface area contributed by atoms with Gasteiger partial charge in [-0.3, -0.25) is 0 Å². The number of hydrogen-bond donors (Lipinski definition) is 0. The molecule has 0 aromatic heterocycles. The largest absolute Gasteiger partial charge is 3.00 e. The molecule has 0 bridgehead atoms. The summed E-state index contributed by atoms with van der Waals surface area (Å²) in [6, 6.07) is 0. The molecule has 8 heavy (non-hydrogen) atoms. The van der Waals surface area contributed by atoms with Crippen molar-refractivity contribution in [3.05, 3.63) is 0 Å². The van der Waals surface area contributed by atoms with Gasteiger partial charge in [0.05, 0.1) is 0 Å². The van der Waals surface area contributed by atoms with Gasteiger partial charge in [-0.15, -0.1) is 0 Å². The van der Waals surface area contributed by atoms with E-state index in [-0.39, 0.29) is 63.4 Å². The molecule has 0 amide bonds. The molecular weight excluding hydrogens is 510 g/mol. The van der Waals surface area contributed by atoms with Crippen molar-refractivity contribution in [2.24, 2.45) is 0 Å². The molecule has 0 heterocycles. The molecule has 5 nitrogen and oxygen atoms in total. The maximum Gasteiger partial charge on any atom is 3.00 e. The molecule has 0 saturated carbocycles. The van der Waals surface area contributed by atoms with Crippen molar-refractivity contribution in [1.29, 1.82) is 0 Å². The Kier molecular flexibility index (Phi) is 111. The third kappa shape index (κ3) is 270. The Labute approximate surface area is 83.9 Å². The van der Waals surface area contributed by atoms with Gasteiger partial charge in [-0.25, -0.2) is 0 Å². The van der Waals surface area contributed by atoms with E-state index >= 15 is 0 Å². The molecule has 0 saturated heterocycles. The van der Waals surface area contributed by atoms with E-state index in [0.717, 1.165) is 0 Å². The van der Waals surface area contributed by atoms with Gasteiger partial charge in [-0.1, -0.05) is 0 Å². The Balaban J connectivity index is -0.00000000750. The Morgan fingerprint density at radius 1 is 1.00 bits per heavy atom. The van der Waals surface area contributed by atoms with Gasteiger partial charge in [0.25, 0.3) is 0 Å². The van der Waals surface area contributed by atoms with Crippen LogP contribution >= 0.6 is 0 Å². The smallest absolute Gasteiger partial charge is 0.652 e. The number of rotatable bonds is 0. The zero-order valence-electron chi connectivity index (χ0n) is 3.62. The maximum atomic E-state index is 8.33. The van der Waals surface area contributed by atoms with Gasteiger partial charge in [0, 0.05) is 0 Å². The molecular formula is CH4Bi2O5+4. The molecule has 0 aliphatic rings. The minimum absolute atomic E-state index is 0. The van der Waals surface area contributed by atoms with Crippen LogP contribution in [-0.2, 0) is 0 Å². The van der Waals surface area contributed by atoms with Crippen LogP contribution in [0.2, 0.25) is 0 Å². The van der Waals surface area contributed by atoms with Crippen molar-refractivity contribution in [3.8, 4) is 0 Å². The summed E-state index contributed by atoms with van der Waals surface area (Å²) >= 11 is 0. The summed E-state index contributed by atoms with van der Waals surface area (Å²) < 4.78 is 0. The van der Waals surface area contributed by atoms with Gasteiger partial charge in [0.15, 0.2) is 0 Å². The normalized spacial score (nSPS) is 3.00. The maximum absolute atomic E-state index is 8.33. The van der Waals surface area contributed by atoms with Crippen LogP contribution in [0.5, 0.6) is 0 Å². The SMILES string of the molecule is O.O.O=C([O-])[O-].[Bi+3].[Bi+3]. The second-order valence-electron chi connectivity index (χ2n) is 0.250. The van der Waals surface area contributed by atoms with Crippen LogP contribution < -0.4 is 10.2 Å². The quantitative estimate of drug-likeness (QED) is 0.301. The molecule has 44 valence electrons. The van der Waals surface area contributed by atoms with Crippen molar-refractivity contribution < 1.29 is 26.0 Å². The fourth-order valence-electron chi connectivity index (χ4n) is 0. The third-order valence-corrected chi connectivity index (χ3v) is 0. The minimum atomic E-state index is -2.33. The first kappa shape index (κ1) is 36.2. The van der Waals surface area contributed by atoms with E-state index in [2.05, 4.69) is 0 Å². The fourth-order valence-corrected chi connectivity index (χ4v) is 0. The van der Waals surface area contributed by atoms with Crippen LogP contribution in [0.15, 0.2) is 0 Å². The van der Waals surface area contributed by atoms with Gasteiger partial charge in [-0.05, 0) is 6.16 Å². The Bertz CT molecular complexity index is 33.4. The van der Waals surface area contributed by atoms with Crippen LogP contribution in [0.4, 0.5) is 4.79 Å². The van der Waals surface area contributed by atoms with Gasteiger partial charge < -0.3 is 26.0 Å². The summed E-state index contributed by atoms with van der Waals surface area (Å²) in [6.07, 6.45) is -2.33. The first-order chi connectivity index (χ1) is 1.73. The monoisotopic (exact) mass is 514 g/mol. The summed E-state index contributed by atoms with van der Waals surface area (Å²) in [5.74, 6) is 0. The number of carbonyl (C=O) groups is 1. The molecule has 0 aromatic rings. The molecule has 0 unspecified atom stereocenters. The first-order valence-corrected chi connectivity index (χ1v) is 0.612. The molecule has 4 radical (unpaired) electrons. The van der Waals surface area contributed by atoms with Crippen LogP contribution in [-0.4, -0.2) is 69.5 Å². The molecule has 0 aromatic carbocycles. The Morgan fingerprint density at radius 2 is 1.00 bits per heavy atom. The number of carboxylic acid groups (broad SMARTS) is 2. The van der Waals surface area contributed by atoms with Crippen molar-refractivity contribution in [3.63, 3.8) is 0 Å². The summed E-state index contributed by atoms with van der Waals surface area (Å²) in [5, 5.41) is 16.7. The van der Waals surface area contributed by atoms with E-state index in [0.29, 0.717) is 0 Å². The van der Waals surface area contributed by atoms with Crippen molar-refractivity contribution in [2.75, 3.05) is 0 Å². The summed E-state index contributed by atoms with van der Waals surface area (Å²) in [7, 11) is 0. The van der Waals surface area contributed by atoms with Crippen molar-refractivity contribution >= 4 is 58.6 Å². The van der Waals surface area contributed by atoms with Crippen molar-refractivity contribution in [2.45, 2.75) is 0 Å². The van der Waals surface area contributed by atoms with E-state index in [4.69, 9.17) is 15.0 Å². The van der Waals surface area contributed by atoms with E-state index in [1.165, 1.54) is 0 Å². The van der Waals surface area contributed by atoms with Crippen LogP contribution in [0.3, 0.4) is 0 Å².